The molecule has 0 aliphatic heterocycles. The van der Waals surface area contributed by atoms with Gasteiger partial charge in [-0.15, -0.1) is 0 Å². The summed E-state index contributed by atoms with van der Waals surface area (Å²) < 4.78 is 21.3. The third kappa shape index (κ3) is 3.31. The van der Waals surface area contributed by atoms with Crippen LogP contribution in [0.1, 0.15) is 18.5 Å². The maximum Gasteiger partial charge on any atom is 0.272 e. The van der Waals surface area contributed by atoms with Gasteiger partial charge in [0.1, 0.15) is 11.4 Å². The molecule has 1 N–H and O–H groups in total. The lowest BCUT2D eigenvalue weighted by molar-refractivity contribution is -0.385. The van der Waals surface area contributed by atoms with E-state index in [-0.39, 0.29) is 23.3 Å². The van der Waals surface area contributed by atoms with Crippen molar-refractivity contribution in [2.24, 2.45) is 5.92 Å². The molecule has 0 saturated heterocycles. The van der Waals surface area contributed by atoms with Crippen molar-refractivity contribution in [3.05, 3.63) is 58.2 Å². The Morgan fingerprint density at radius 2 is 2.15 bits per heavy atom. The number of nitro groups is 1. The van der Waals surface area contributed by atoms with Gasteiger partial charge in [0.2, 0.25) is 5.91 Å². The number of aromatic nitrogens is 2. The lowest BCUT2D eigenvalue weighted by Crippen LogP contribution is -2.14. The molecular formula is C18H15FN4O4. The summed E-state index contributed by atoms with van der Waals surface area (Å²) in [4.78, 5) is 26.3. The molecule has 27 heavy (non-hydrogen) atoms. The molecule has 1 aliphatic rings. The number of aryl methyl sites for hydroxylation is 1. The van der Waals surface area contributed by atoms with Crippen molar-refractivity contribution >= 4 is 23.1 Å². The number of benzene rings is 1. The fraction of sp³-hybridized carbons (Fsp3) is 0.222. The second-order valence-corrected chi connectivity index (χ2v) is 6.38. The van der Waals surface area contributed by atoms with Gasteiger partial charge in [-0.1, -0.05) is 0 Å². The number of pyridine rings is 1. The molecule has 138 valence electrons. The van der Waals surface area contributed by atoms with Crippen LogP contribution in [0.25, 0.3) is 5.65 Å². The first-order chi connectivity index (χ1) is 12.9. The predicted molar refractivity (Wildman–Crippen MR) is 94.4 cm³/mol. The largest absolute Gasteiger partial charge is 0.453 e. The Kier molecular flexibility index (Phi) is 3.98. The standard InChI is InChI=1S/C18H15FN4O4/c1-10-17(21-18(24)11-2-3-11)20-16-7-5-13(9-22(10)16)27-15-6-4-12(23(25)26)8-14(15)19/h4-9,11H,2-3H2,1H3,(H,21,24). The van der Waals surface area contributed by atoms with Gasteiger partial charge in [-0.05, 0) is 38.0 Å². The molecule has 1 saturated carbocycles. The highest BCUT2D eigenvalue weighted by atomic mass is 19.1. The quantitative estimate of drug-likeness (QED) is 0.544. The van der Waals surface area contributed by atoms with E-state index in [4.69, 9.17) is 4.74 Å². The Morgan fingerprint density at radius 3 is 2.81 bits per heavy atom. The maximum atomic E-state index is 14.0. The Morgan fingerprint density at radius 1 is 1.37 bits per heavy atom. The summed E-state index contributed by atoms with van der Waals surface area (Å²) in [5.41, 5.74) is 0.973. The van der Waals surface area contributed by atoms with Gasteiger partial charge in [0.15, 0.2) is 17.4 Å². The fourth-order valence-electron chi connectivity index (χ4n) is 2.70. The number of carbonyl (C=O) groups is 1. The van der Waals surface area contributed by atoms with Gasteiger partial charge in [-0.25, -0.2) is 9.37 Å². The Hall–Kier alpha value is -3.49. The lowest BCUT2D eigenvalue weighted by Gasteiger charge is -2.07. The summed E-state index contributed by atoms with van der Waals surface area (Å²) in [6.45, 7) is 1.80. The van der Waals surface area contributed by atoms with Gasteiger partial charge in [0.25, 0.3) is 5.69 Å². The number of anilines is 1. The van der Waals surface area contributed by atoms with Crippen molar-refractivity contribution in [1.82, 2.24) is 9.38 Å². The van der Waals surface area contributed by atoms with Crippen LogP contribution in [0, 0.1) is 28.8 Å². The van der Waals surface area contributed by atoms with Crippen molar-refractivity contribution < 1.29 is 18.8 Å². The molecule has 1 aromatic carbocycles. The summed E-state index contributed by atoms with van der Waals surface area (Å²) >= 11 is 0. The first kappa shape index (κ1) is 17.0. The molecule has 1 amide bonds. The van der Waals surface area contributed by atoms with Crippen LogP contribution >= 0.6 is 0 Å². The average molecular weight is 370 g/mol. The fourth-order valence-corrected chi connectivity index (χ4v) is 2.70. The number of rotatable bonds is 5. The van der Waals surface area contributed by atoms with Crippen LogP contribution in [0.4, 0.5) is 15.9 Å². The summed E-state index contributed by atoms with van der Waals surface area (Å²) in [6.07, 6.45) is 3.42. The van der Waals surface area contributed by atoms with Crippen molar-refractivity contribution in [3.8, 4) is 11.5 Å². The summed E-state index contributed by atoms with van der Waals surface area (Å²) in [5, 5.41) is 13.5. The number of amides is 1. The van der Waals surface area contributed by atoms with E-state index in [0.717, 1.165) is 18.9 Å². The van der Waals surface area contributed by atoms with E-state index >= 15 is 0 Å². The number of halogens is 1. The van der Waals surface area contributed by atoms with Crippen LogP contribution in [0.5, 0.6) is 11.5 Å². The van der Waals surface area contributed by atoms with Crippen LogP contribution in [-0.2, 0) is 4.79 Å². The molecule has 0 unspecified atom stereocenters. The summed E-state index contributed by atoms with van der Waals surface area (Å²) in [6, 6.07) is 6.47. The number of imidazole rings is 1. The zero-order valence-electron chi connectivity index (χ0n) is 14.3. The molecule has 3 aromatic rings. The van der Waals surface area contributed by atoms with Gasteiger partial charge in [0, 0.05) is 12.0 Å². The minimum atomic E-state index is -0.830. The highest BCUT2D eigenvalue weighted by molar-refractivity contribution is 5.94. The maximum absolute atomic E-state index is 14.0. The number of nitro benzene ring substituents is 1. The Labute approximate surface area is 152 Å². The normalized spacial score (nSPS) is 13.6. The zero-order valence-corrected chi connectivity index (χ0v) is 14.3. The molecule has 1 fully saturated rings. The molecule has 4 rings (SSSR count). The SMILES string of the molecule is Cc1c(NC(=O)C2CC2)nc2ccc(Oc3ccc([N+](=O)[O-])cc3F)cn12. The monoisotopic (exact) mass is 370 g/mol. The van der Waals surface area contributed by atoms with Crippen LogP contribution in [0.15, 0.2) is 36.5 Å². The van der Waals surface area contributed by atoms with Crippen molar-refractivity contribution in [2.45, 2.75) is 19.8 Å². The van der Waals surface area contributed by atoms with E-state index in [1.165, 1.54) is 12.1 Å². The van der Waals surface area contributed by atoms with Crippen molar-refractivity contribution in [2.75, 3.05) is 5.32 Å². The zero-order chi connectivity index (χ0) is 19.1. The number of fused-ring (bicyclic) bond motifs is 1. The lowest BCUT2D eigenvalue weighted by atomic mass is 10.3. The van der Waals surface area contributed by atoms with Crippen molar-refractivity contribution in [1.29, 1.82) is 0 Å². The minimum Gasteiger partial charge on any atom is -0.453 e. The smallest absolute Gasteiger partial charge is 0.272 e. The average Bonchev–Trinajstić information content (AvgIpc) is 3.44. The van der Waals surface area contributed by atoms with Crippen LogP contribution in [0.3, 0.4) is 0 Å². The van der Waals surface area contributed by atoms with Gasteiger partial charge < -0.3 is 10.1 Å². The molecule has 2 aromatic heterocycles. The van der Waals surface area contributed by atoms with Gasteiger partial charge in [0.05, 0.1) is 22.9 Å². The van der Waals surface area contributed by atoms with Gasteiger partial charge in [-0.3, -0.25) is 19.3 Å². The van der Waals surface area contributed by atoms with E-state index in [0.29, 0.717) is 22.9 Å². The molecule has 9 heteroatoms. The number of hydrogen-bond acceptors (Lipinski definition) is 5. The first-order valence-electron chi connectivity index (χ1n) is 8.34. The summed E-state index contributed by atoms with van der Waals surface area (Å²) in [7, 11) is 0. The van der Waals surface area contributed by atoms with E-state index in [1.54, 1.807) is 29.7 Å². The van der Waals surface area contributed by atoms with Gasteiger partial charge in [-0.2, -0.15) is 0 Å². The highest BCUT2D eigenvalue weighted by Gasteiger charge is 2.30. The number of nitrogens with zero attached hydrogens (tertiary/aromatic N) is 3. The molecule has 8 nitrogen and oxygen atoms in total. The van der Waals surface area contributed by atoms with E-state index in [9.17, 15) is 19.3 Å². The summed E-state index contributed by atoms with van der Waals surface area (Å²) in [5.74, 6) is -0.116. The molecule has 0 bridgehead atoms. The van der Waals surface area contributed by atoms with Gasteiger partial charge >= 0.3 is 0 Å². The third-order valence-corrected chi connectivity index (χ3v) is 4.37. The van der Waals surface area contributed by atoms with E-state index in [2.05, 4.69) is 10.3 Å². The van der Waals surface area contributed by atoms with E-state index < -0.39 is 10.7 Å². The predicted octanol–water partition coefficient (Wildman–Crippen LogP) is 3.83. The Bertz CT molecular complexity index is 1070. The topological polar surface area (TPSA) is 98.8 Å². The number of non-ortho nitro benzene ring substituents is 1. The van der Waals surface area contributed by atoms with Crippen LogP contribution in [0.2, 0.25) is 0 Å². The first-order valence-corrected chi connectivity index (χ1v) is 8.34. The number of carbonyl (C=O) groups excluding carboxylic acids is 1. The number of ether oxygens (including phenoxy) is 1. The molecular weight excluding hydrogens is 355 g/mol. The van der Waals surface area contributed by atoms with Crippen LogP contribution in [-0.4, -0.2) is 20.2 Å². The molecule has 0 atom stereocenters. The second-order valence-electron chi connectivity index (χ2n) is 6.38. The van der Waals surface area contributed by atoms with Crippen LogP contribution < -0.4 is 10.1 Å². The molecule has 0 spiro atoms. The third-order valence-electron chi connectivity index (χ3n) is 4.37. The van der Waals surface area contributed by atoms with E-state index in [1.807, 2.05) is 0 Å². The number of nitrogens with one attached hydrogen (secondary N) is 1. The minimum absolute atomic E-state index is 0.0362. The molecule has 0 radical (unpaired) electrons. The Balaban J connectivity index is 1.60. The van der Waals surface area contributed by atoms with Crippen molar-refractivity contribution in [3.63, 3.8) is 0 Å². The highest BCUT2D eigenvalue weighted by Crippen LogP contribution is 2.31. The second kappa shape index (κ2) is 6.35. The molecule has 1 aliphatic carbocycles. The molecule has 2 heterocycles. The number of hydrogen-bond donors (Lipinski definition) is 1.